The van der Waals surface area contributed by atoms with Crippen LogP contribution < -0.4 is 10.1 Å². The topological polar surface area (TPSA) is 21.3 Å². The average molecular weight is 375 g/mol. The Kier molecular flexibility index (Phi) is 8.78. The van der Waals surface area contributed by atoms with E-state index in [2.05, 4.69) is 31.3 Å². The average Bonchev–Trinajstić information content (AvgIpc) is 2.52. The molecule has 2 rings (SSSR count). The fraction of sp³-hybridized carbons (Fsp3) is 0.333. The summed E-state index contributed by atoms with van der Waals surface area (Å²) in [6.45, 7) is 5.63. The second-order valence-corrected chi connectivity index (χ2v) is 6.21. The third-order valence-electron chi connectivity index (χ3n) is 3.57. The zero-order valence-electron chi connectivity index (χ0n) is 13.3. The lowest BCUT2D eigenvalue weighted by Crippen LogP contribution is -2.24. The third-order valence-corrected chi connectivity index (χ3v) is 4.16. The van der Waals surface area contributed by atoms with Gasteiger partial charge in [0.25, 0.3) is 0 Å². The summed E-state index contributed by atoms with van der Waals surface area (Å²) in [5.74, 6) is 0.842. The molecule has 126 valence electrons. The van der Waals surface area contributed by atoms with E-state index in [0.29, 0.717) is 22.7 Å². The summed E-state index contributed by atoms with van der Waals surface area (Å²) in [7, 11) is 0. The second kappa shape index (κ2) is 10.0. The maximum Gasteiger partial charge on any atom is 0.120 e. The lowest BCUT2D eigenvalue weighted by atomic mass is 10.2. The summed E-state index contributed by atoms with van der Waals surface area (Å²) in [5, 5.41) is 4.73. The standard InChI is InChI=1S/C18H21Cl2NO.ClH/c1-3-13(2)21-11-14-5-4-6-17(9-14)22-12-15-7-8-16(19)10-18(15)20;/h4-10,13,21H,3,11-12H2,1-2H3;1H. The van der Waals surface area contributed by atoms with Crippen molar-refractivity contribution in [1.82, 2.24) is 5.32 Å². The van der Waals surface area contributed by atoms with Gasteiger partial charge in [0.15, 0.2) is 0 Å². The molecule has 0 saturated carbocycles. The lowest BCUT2D eigenvalue weighted by molar-refractivity contribution is 0.306. The molecule has 0 aliphatic heterocycles. The number of rotatable bonds is 7. The third kappa shape index (κ3) is 6.60. The van der Waals surface area contributed by atoms with Crippen molar-refractivity contribution < 1.29 is 4.74 Å². The van der Waals surface area contributed by atoms with Crippen molar-refractivity contribution in [3.63, 3.8) is 0 Å². The first-order valence-corrected chi connectivity index (χ1v) is 8.23. The lowest BCUT2D eigenvalue weighted by Gasteiger charge is -2.13. The fourth-order valence-corrected chi connectivity index (χ4v) is 2.44. The van der Waals surface area contributed by atoms with Gasteiger partial charge in [-0.25, -0.2) is 0 Å². The van der Waals surface area contributed by atoms with E-state index in [4.69, 9.17) is 27.9 Å². The number of hydrogen-bond acceptors (Lipinski definition) is 2. The van der Waals surface area contributed by atoms with E-state index in [0.717, 1.165) is 24.3 Å². The molecule has 1 atom stereocenters. The molecule has 1 unspecified atom stereocenters. The van der Waals surface area contributed by atoms with Crippen LogP contribution in [0.15, 0.2) is 42.5 Å². The van der Waals surface area contributed by atoms with Crippen molar-refractivity contribution in [3.05, 3.63) is 63.6 Å². The number of nitrogens with one attached hydrogen (secondary N) is 1. The van der Waals surface area contributed by atoms with Crippen LogP contribution in [0.3, 0.4) is 0 Å². The molecule has 0 bridgehead atoms. The monoisotopic (exact) mass is 373 g/mol. The fourth-order valence-electron chi connectivity index (χ4n) is 1.98. The van der Waals surface area contributed by atoms with E-state index in [9.17, 15) is 0 Å². The van der Waals surface area contributed by atoms with E-state index in [1.165, 1.54) is 5.56 Å². The maximum atomic E-state index is 6.15. The Hall–Kier alpha value is -0.930. The molecule has 0 aliphatic rings. The van der Waals surface area contributed by atoms with Crippen LogP contribution in [0.25, 0.3) is 0 Å². The Morgan fingerprint density at radius 2 is 1.91 bits per heavy atom. The molecule has 0 fully saturated rings. The highest BCUT2D eigenvalue weighted by Crippen LogP contribution is 2.23. The van der Waals surface area contributed by atoms with Crippen molar-refractivity contribution in [2.24, 2.45) is 0 Å². The number of benzene rings is 2. The van der Waals surface area contributed by atoms with Crippen molar-refractivity contribution in [3.8, 4) is 5.75 Å². The van der Waals surface area contributed by atoms with Gasteiger partial charge in [-0.05, 0) is 43.2 Å². The molecule has 0 saturated heterocycles. The summed E-state index contributed by atoms with van der Waals surface area (Å²) in [4.78, 5) is 0. The largest absolute Gasteiger partial charge is 0.489 e. The Bertz CT molecular complexity index is 619. The van der Waals surface area contributed by atoms with Gasteiger partial charge in [-0.15, -0.1) is 12.4 Å². The first kappa shape index (κ1) is 20.1. The van der Waals surface area contributed by atoms with Crippen LogP contribution in [0.5, 0.6) is 5.75 Å². The number of hydrogen-bond donors (Lipinski definition) is 1. The molecule has 0 radical (unpaired) electrons. The molecule has 0 spiro atoms. The van der Waals surface area contributed by atoms with Gasteiger partial charge in [0.1, 0.15) is 12.4 Å². The molecule has 5 heteroatoms. The zero-order valence-corrected chi connectivity index (χ0v) is 15.6. The summed E-state index contributed by atoms with van der Waals surface area (Å²) in [5.41, 5.74) is 2.13. The minimum absolute atomic E-state index is 0. The molecule has 23 heavy (non-hydrogen) atoms. The van der Waals surface area contributed by atoms with Gasteiger partial charge in [-0.2, -0.15) is 0 Å². The quantitative estimate of drug-likeness (QED) is 0.653. The number of halogens is 3. The van der Waals surface area contributed by atoms with Gasteiger partial charge in [0, 0.05) is 28.2 Å². The van der Waals surface area contributed by atoms with Crippen LogP contribution in [-0.2, 0) is 13.2 Å². The van der Waals surface area contributed by atoms with Crippen molar-refractivity contribution in [1.29, 1.82) is 0 Å². The van der Waals surface area contributed by atoms with Crippen molar-refractivity contribution in [2.75, 3.05) is 0 Å². The minimum atomic E-state index is 0. The first-order chi connectivity index (χ1) is 10.6. The van der Waals surface area contributed by atoms with Gasteiger partial charge >= 0.3 is 0 Å². The minimum Gasteiger partial charge on any atom is -0.489 e. The van der Waals surface area contributed by atoms with Crippen LogP contribution in [0.2, 0.25) is 10.0 Å². The zero-order chi connectivity index (χ0) is 15.9. The molecule has 0 aliphatic carbocycles. The van der Waals surface area contributed by atoms with E-state index >= 15 is 0 Å². The molecule has 2 aromatic rings. The molecule has 1 N–H and O–H groups in total. The van der Waals surface area contributed by atoms with Crippen LogP contribution >= 0.6 is 35.6 Å². The SMILES string of the molecule is CCC(C)NCc1cccc(OCc2ccc(Cl)cc2Cl)c1.Cl. The van der Waals surface area contributed by atoms with E-state index < -0.39 is 0 Å². The molecular formula is C18H22Cl3NO. The Labute approximate surface area is 154 Å². The van der Waals surface area contributed by atoms with Crippen LogP contribution in [0, 0.1) is 0 Å². The normalized spacial score (nSPS) is 11.7. The summed E-state index contributed by atoms with van der Waals surface area (Å²) >= 11 is 12.0. The molecule has 0 aromatic heterocycles. The summed E-state index contributed by atoms with van der Waals surface area (Å²) in [6, 6.07) is 14.1. The molecular weight excluding hydrogens is 353 g/mol. The van der Waals surface area contributed by atoms with Crippen molar-refractivity contribution >= 4 is 35.6 Å². The maximum absolute atomic E-state index is 6.15. The van der Waals surface area contributed by atoms with Gasteiger partial charge < -0.3 is 10.1 Å². The van der Waals surface area contributed by atoms with E-state index in [1.54, 1.807) is 6.07 Å². The van der Waals surface area contributed by atoms with Crippen molar-refractivity contribution in [2.45, 2.75) is 39.5 Å². The van der Waals surface area contributed by atoms with Crippen LogP contribution in [-0.4, -0.2) is 6.04 Å². The van der Waals surface area contributed by atoms with Gasteiger partial charge in [0.05, 0.1) is 0 Å². The van der Waals surface area contributed by atoms with Gasteiger partial charge in [0.2, 0.25) is 0 Å². The van der Waals surface area contributed by atoms with E-state index in [1.807, 2.05) is 24.3 Å². The molecule has 0 heterocycles. The molecule has 2 aromatic carbocycles. The summed E-state index contributed by atoms with van der Waals surface area (Å²) < 4.78 is 5.83. The predicted molar refractivity (Wildman–Crippen MR) is 101 cm³/mol. The molecule has 2 nitrogen and oxygen atoms in total. The van der Waals surface area contributed by atoms with Crippen LogP contribution in [0.1, 0.15) is 31.4 Å². The Balaban J connectivity index is 0.00000264. The van der Waals surface area contributed by atoms with Gasteiger partial charge in [-0.3, -0.25) is 0 Å². The molecule has 0 amide bonds. The predicted octanol–water partition coefficient (Wildman–Crippen LogP) is 5.88. The van der Waals surface area contributed by atoms with Crippen LogP contribution in [0.4, 0.5) is 0 Å². The highest BCUT2D eigenvalue weighted by molar-refractivity contribution is 6.35. The Morgan fingerprint density at radius 3 is 2.61 bits per heavy atom. The Morgan fingerprint density at radius 1 is 1.13 bits per heavy atom. The summed E-state index contributed by atoms with van der Waals surface area (Å²) in [6.07, 6.45) is 1.12. The number of ether oxygens (including phenoxy) is 1. The van der Waals surface area contributed by atoms with E-state index in [-0.39, 0.29) is 12.4 Å². The second-order valence-electron chi connectivity index (χ2n) is 5.36. The first-order valence-electron chi connectivity index (χ1n) is 7.47. The smallest absolute Gasteiger partial charge is 0.120 e. The highest BCUT2D eigenvalue weighted by Gasteiger charge is 2.04. The van der Waals surface area contributed by atoms with Gasteiger partial charge in [-0.1, -0.05) is 48.3 Å². The highest BCUT2D eigenvalue weighted by atomic mass is 35.5.